The van der Waals surface area contributed by atoms with E-state index in [0.29, 0.717) is 41.9 Å². The number of nitrogens with zero attached hydrogens (tertiary/aromatic N) is 5. The van der Waals surface area contributed by atoms with Gasteiger partial charge in [0.1, 0.15) is 5.69 Å². The average molecular weight is 436 g/mol. The molecule has 32 heavy (non-hydrogen) atoms. The van der Waals surface area contributed by atoms with Gasteiger partial charge in [-0.1, -0.05) is 11.2 Å². The van der Waals surface area contributed by atoms with Crippen molar-refractivity contribution in [3.63, 3.8) is 0 Å². The first-order valence-electron chi connectivity index (χ1n) is 10.6. The molecule has 0 bridgehead atoms. The summed E-state index contributed by atoms with van der Waals surface area (Å²) in [5.41, 5.74) is 0.607. The van der Waals surface area contributed by atoms with E-state index in [0.717, 1.165) is 19.4 Å². The Morgan fingerprint density at radius 3 is 2.75 bits per heavy atom. The number of anilines is 1. The highest BCUT2D eigenvalue weighted by Crippen LogP contribution is 2.34. The number of amides is 1. The standard InChI is InChI=1S/C22H24N6O4/c1-28-10-8-22(30,20(28)29)19-12-18(27-32-19)16-6-2-5-15(25-16)17-7-9-23-21(26-17)24-14-4-3-11-31-13-14/h2,5-7,9,12,14,30H,3-4,8,10-11,13H2,1H3,(H,23,24,26). The summed E-state index contributed by atoms with van der Waals surface area (Å²) in [4.78, 5) is 27.4. The summed E-state index contributed by atoms with van der Waals surface area (Å²) in [6.45, 7) is 1.89. The Labute approximate surface area is 184 Å². The van der Waals surface area contributed by atoms with Gasteiger partial charge < -0.3 is 24.6 Å². The number of carbonyl (C=O) groups is 1. The van der Waals surface area contributed by atoms with Crippen LogP contribution in [0.3, 0.4) is 0 Å². The second kappa shape index (κ2) is 8.29. The predicted molar refractivity (Wildman–Crippen MR) is 114 cm³/mol. The zero-order valence-corrected chi connectivity index (χ0v) is 17.7. The molecule has 3 aromatic rings. The van der Waals surface area contributed by atoms with Crippen LogP contribution >= 0.6 is 0 Å². The van der Waals surface area contributed by atoms with Crippen LogP contribution < -0.4 is 5.32 Å². The number of rotatable bonds is 5. The topological polar surface area (TPSA) is 126 Å². The Balaban J connectivity index is 1.38. The number of ether oxygens (including phenoxy) is 1. The van der Waals surface area contributed by atoms with Crippen molar-refractivity contribution in [3.8, 4) is 22.8 Å². The summed E-state index contributed by atoms with van der Waals surface area (Å²) in [6, 6.07) is 9.04. The van der Waals surface area contributed by atoms with E-state index in [-0.39, 0.29) is 18.2 Å². The minimum atomic E-state index is -1.69. The first-order chi connectivity index (χ1) is 15.5. The maximum Gasteiger partial charge on any atom is 0.262 e. The fourth-order valence-electron chi connectivity index (χ4n) is 4.00. The lowest BCUT2D eigenvalue weighted by Gasteiger charge is -2.23. The molecule has 0 aromatic carbocycles. The molecular weight excluding hydrogens is 412 g/mol. The zero-order chi connectivity index (χ0) is 22.1. The summed E-state index contributed by atoms with van der Waals surface area (Å²) in [7, 11) is 1.65. The first-order valence-corrected chi connectivity index (χ1v) is 10.6. The lowest BCUT2D eigenvalue weighted by molar-refractivity contribution is -0.144. The van der Waals surface area contributed by atoms with Crippen molar-refractivity contribution in [1.82, 2.24) is 25.0 Å². The number of nitrogens with one attached hydrogen (secondary N) is 1. The Kier molecular flexibility index (Phi) is 5.32. The molecule has 2 N–H and O–H groups in total. The molecule has 10 nitrogen and oxygen atoms in total. The minimum absolute atomic E-state index is 0.122. The lowest BCUT2D eigenvalue weighted by Crippen LogP contribution is -2.35. The van der Waals surface area contributed by atoms with Crippen molar-refractivity contribution in [1.29, 1.82) is 0 Å². The quantitative estimate of drug-likeness (QED) is 0.616. The monoisotopic (exact) mass is 436 g/mol. The number of carbonyl (C=O) groups excluding carboxylic acids is 1. The molecule has 10 heteroatoms. The molecule has 2 aliphatic heterocycles. The summed E-state index contributed by atoms with van der Waals surface area (Å²) in [5.74, 6) is 0.253. The van der Waals surface area contributed by atoms with Gasteiger partial charge in [0.05, 0.1) is 29.7 Å². The van der Waals surface area contributed by atoms with Crippen LogP contribution in [0.1, 0.15) is 25.0 Å². The van der Waals surface area contributed by atoms with Gasteiger partial charge in [-0.05, 0) is 31.0 Å². The van der Waals surface area contributed by atoms with Gasteiger partial charge in [0.15, 0.2) is 5.76 Å². The van der Waals surface area contributed by atoms with Crippen LogP contribution in [0.2, 0.25) is 0 Å². The number of aromatic nitrogens is 4. The predicted octanol–water partition coefficient (Wildman–Crippen LogP) is 1.83. The molecule has 2 aliphatic rings. The van der Waals surface area contributed by atoms with Gasteiger partial charge in [-0.3, -0.25) is 4.79 Å². The highest BCUT2D eigenvalue weighted by molar-refractivity contribution is 5.87. The van der Waals surface area contributed by atoms with E-state index in [9.17, 15) is 9.90 Å². The molecule has 2 fully saturated rings. The first kappa shape index (κ1) is 20.5. The Hall–Kier alpha value is -3.37. The van der Waals surface area contributed by atoms with E-state index in [1.807, 2.05) is 12.1 Å². The zero-order valence-electron chi connectivity index (χ0n) is 17.7. The molecule has 0 saturated carbocycles. The summed E-state index contributed by atoms with van der Waals surface area (Å²) in [6.07, 6.45) is 3.97. The van der Waals surface area contributed by atoms with Crippen LogP contribution in [0, 0.1) is 0 Å². The maximum absolute atomic E-state index is 12.3. The van der Waals surface area contributed by atoms with Crippen LogP contribution in [0.4, 0.5) is 5.95 Å². The van der Waals surface area contributed by atoms with Crippen LogP contribution in [0.5, 0.6) is 0 Å². The van der Waals surface area contributed by atoms with Gasteiger partial charge in [-0.2, -0.15) is 0 Å². The van der Waals surface area contributed by atoms with E-state index in [1.165, 1.54) is 4.90 Å². The number of likely N-dealkylation sites (tertiary alicyclic amines) is 1. The minimum Gasteiger partial charge on any atom is -0.379 e. The van der Waals surface area contributed by atoms with E-state index in [4.69, 9.17) is 9.26 Å². The number of aliphatic hydroxyl groups is 1. The molecule has 0 spiro atoms. The van der Waals surface area contributed by atoms with Gasteiger partial charge in [0.25, 0.3) is 5.91 Å². The van der Waals surface area contributed by atoms with Crippen LogP contribution in [-0.2, 0) is 15.1 Å². The number of pyridine rings is 1. The van der Waals surface area contributed by atoms with Gasteiger partial charge in [0, 0.05) is 38.9 Å². The van der Waals surface area contributed by atoms with Gasteiger partial charge in [-0.15, -0.1) is 0 Å². The normalized spacial score (nSPS) is 23.5. The second-order valence-electron chi connectivity index (χ2n) is 8.15. The molecule has 0 radical (unpaired) electrons. The number of hydrogen-bond acceptors (Lipinski definition) is 9. The van der Waals surface area contributed by atoms with Gasteiger partial charge in [0.2, 0.25) is 11.5 Å². The Morgan fingerprint density at radius 2 is 2.00 bits per heavy atom. The van der Waals surface area contributed by atoms with Crippen molar-refractivity contribution >= 4 is 11.9 Å². The number of hydrogen-bond donors (Lipinski definition) is 2. The molecule has 2 atom stereocenters. The van der Waals surface area contributed by atoms with E-state index in [2.05, 4.69) is 25.4 Å². The largest absolute Gasteiger partial charge is 0.379 e. The average Bonchev–Trinajstić information content (AvgIpc) is 3.43. The third-order valence-corrected chi connectivity index (χ3v) is 5.85. The molecule has 0 aliphatic carbocycles. The van der Waals surface area contributed by atoms with Crippen LogP contribution in [0.25, 0.3) is 22.8 Å². The van der Waals surface area contributed by atoms with Crippen LogP contribution in [-0.4, -0.2) is 68.9 Å². The fourth-order valence-corrected chi connectivity index (χ4v) is 4.00. The smallest absolute Gasteiger partial charge is 0.262 e. The van der Waals surface area contributed by atoms with Crippen molar-refractivity contribution in [3.05, 3.63) is 42.3 Å². The highest BCUT2D eigenvalue weighted by Gasteiger charge is 2.48. The molecule has 2 unspecified atom stereocenters. The summed E-state index contributed by atoms with van der Waals surface area (Å²) in [5, 5.41) is 18.1. The third kappa shape index (κ3) is 3.82. The Morgan fingerprint density at radius 1 is 1.19 bits per heavy atom. The third-order valence-electron chi connectivity index (χ3n) is 5.85. The van der Waals surface area contributed by atoms with Gasteiger partial charge >= 0.3 is 0 Å². The second-order valence-corrected chi connectivity index (χ2v) is 8.15. The lowest BCUT2D eigenvalue weighted by atomic mass is 9.98. The van der Waals surface area contributed by atoms with Crippen LogP contribution in [0.15, 0.2) is 41.1 Å². The van der Waals surface area contributed by atoms with Crippen molar-refractivity contribution in [2.75, 3.05) is 32.1 Å². The van der Waals surface area contributed by atoms with Crippen molar-refractivity contribution < 1.29 is 19.2 Å². The van der Waals surface area contributed by atoms with Gasteiger partial charge in [-0.25, -0.2) is 15.0 Å². The summed E-state index contributed by atoms with van der Waals surface area (Å²) >= 11 is 0. The maximum atomic E-state index is 12.3. The van der Waals surface area contributed by atoms with E-state index >= 15 is 0 Å². The van der Waals surface area contributed by atoms with E-state index in [1.54, 1.807) is 31.4 Å². The summed E-state index contributed by atoms with van der Waals surface area (Å²) < 4.78 is 10.8. The Bertz CT molecular complexity index is 1130. The molecule has 2 saturated heterocycles. The van der Waals surface area contributed by atoms with Crippen molar-refractivity contribution in [2.24, 2.45) is 0 Å². The SMILES string of the molecule is CN1CCC(O)(c2cc(-c3cccc(-c4ccnc(NC5CCCOC5)n4)n3)no2)C1=O. The number of likely N-dealkylation sites (N-methyl/N-ethyl adjacent to an activating group) is 1. The molecule has 5 heterocycles. The molecule has 166 valence electrons. The van der Waals surface area contributed by atoms with E-state index < -0.39 is 11.5 Å². The van der Waals surface area contributed by atoms with Crippen molar-refractivity contribution in [2.45, 2.75) is 30.9 Å². The molecular formula is C22H24N6O4. The molecule has 3 aromatic heterocycles. The fraction of sp³-hybridized carbons (Fsp3) is 0.409. The molecule has 1 amide bonds. The highest BCUT2D eigenvalue weighted by atomic mass is 16.5. The molecule has 5 rings (SSSR count).